The first-order valence-corrected chi connectivity index (χ1v) is 6.31. The number of carbonyl (C=O) groups excluding carboxylic acids is 1. The summed E-state index contributed by atoms with van der Waals surface area (Å²) in [6.45, 7) is 2.37. The van der Waals surface area contributed by atoms with Gasteiger partial charge in [-0.15, -0.1) is 0 Å². The molecule has 0 saturated carbocycles. The minimum absolute atomic E-state index is 0.0522. The number of hydrogen-bond acceptors (Lipinski definition) is 4. The SMILES string of the molecule is Cc1ccc(OCC(=O)Nc2ccc(CN)cn2)cc1. The average Bonchev–Trinajstić information content (AvgIpc) is 2.47. The van der Waals surface area contributed by atoms with E-state index in [0.717, 1.165) is 11.1 Å². The van der Waals surface area contributed by atoms with Crippen molar-refractivity contribution in [3.63, 3.8) is 0 Å². The third-order valence-corrected chi connectivity index (χ3v) is 2.72. The molecule has 0 aliphatic rings. The van der Waals surface area contributed by atoms with Gasteiger partial charge in [0.2, 0.25) is 0 Å². The zero-order chi connectivity index (χ0) is 14.4. The molecule has 1 aromatic heterocycles. The summed E-state index contributed by atoms with van der Waals surface area (Å²) in [4.78, 5) is 15.8. The smallest absolute Gasteiger partial charge is 0.263 e. The fourth-order valence-electron chi connectivity index (χ4n) is 1.58. The number of pyridine rings is 1. The van der Waals surface area contributed by atoms with Crippen LogP contribution in [0.3, 0.4) is 0 Å². The van der Waals surface area contributed by atoms with E-state index in [1.807, 2.05) is 37.3 Å². The van der Waals surface area contributed by atoms with Crippen molar-refractivity contribution < 1.29 is 9.53 Å². The van der Waals surface area contributed by atoms with E-state index >= 15 is 0 Å². The van der Waals surface area contributed by atoms with Gasteiger partial charge in [0.15, 0.2) is 6.61 Å². The van der Waals surface area contributed by atoms with Crippen molar-refractivity contribution >= 4 is 11.7 Å². The van der Waals surface area contributed by atoms with Gasteiger partial charge in [-0.1, -0.05) is 23.8 Å². The number of anilines is 1. The van der Waals surface area contributed by atoms with Crippen LogP contribution < -0.4 is 15.8 Å². The summed E-state index contributed by atoms with van der Waals surface area (Å²) < 4.78 is 5.38. The third kappa shape index (κ3) is 4.07. The van der Waals surface area contributed by atoms with Gasteiger partial charge in [0.1, 0.15) is 11.6 Å². The Morgan fingerprint density at radius 1 is 1.25 bits per heavy atom. The zero-order valence-corrected chi connectivity index (χ0v) is 11.3. The predicted octanol–water partition coefficient (Wildman–Crippen LogP) is 1.87. The molecular weight excluding hydrogens is 254 g/mol. The van der Waals surface area contributed by atoms with Crippen molar-refractivity contribution in [3.05, 3.63) is 53.7 Å². The standard InChI is InChI=1S/C15H17N3O2/c1-11-2-5-13(6-3-11)20-10-15(19)18-14-7-4-12(8-16)9-17-14/h2-7,9H,8,10,16H2,1H3,(H,17,18,19). The molecular formula is C15H17N3O2. The first-order valence-electron chi connectivity index (χ1n) is 6.31. The number of benzene rings is 1. The highest BCUT2D eigenvalue weighted by Gasteiger charge is 2.04. The second kappa shape index (κ2) is 6.68. The Hall–Kier alpha value is -2.40. The minimum atomic E-state index is -0.251. The van der Waals surface area contributed by atoms with E-state index in [2.05, 4.69) is 10.3 Å². The van der Waals surface area contributed by atoms with E-state index < -0.39 is 0 Å². The van der Waals surface area contributed by atoms with Crippen molar-refractivity contribution in [1.82, 2.24) is 4.98 Å². The van der Waals surface area contributed by atoms with E-state index in [4.69, 9.17) is 10.5 Å². The zero-order valence-electron chi connectivity index (χ0n) is 11.3. The van der Waals surface area contributed by atoms with Crippen molar-refractivity contribution in [3.8, 4) is 5.75 Å². The maximum atomic E-state index is 11.7. The number of rotatable bonds is 5. The lowest BCUT2D eigenvalue weighted by Gasteiger charge is -2.07. The number of hydrogen-bond donors (Lipinski definition) is 2. The largest absolute Gasteiger partial charge is 0.484 e. The second-order valence-electron chi connectivity index (χ2n) is 4.41. The number of ether oxygens (including phenoxy) is 1. The van der Waals surface area contributed by atoms with Gasteiger partial charge in [-0.05, 0) is 30.7 Å². The molecule has 104 valence electrons. The quantitative estimate of drug-likeness (QED) is 0.870. The van der Waals surface area contributed by atoms with E-state index in [9.17, 15) is 4.79 Å². The predicted molar refractivity (Wildman–Crippen MR) is 77.4 cm³/mol. The maximum Gasteiger partial charge on any atom is 0.263 e. The second-order valence-corrected chi connectivity index (χ2v) is 4.41. The highest BCUT2D eigenvalue weighted by molar-refractivity contribution is 5.90. The van der Waals surface area contributed by atoms with Crippen LogP contribution in [0.2, 0.25) is 0 Å². The van der Waals surface area contributed by atoms with E-state index in [-0.39, 0.29) is 12.5 Å². The monoisotopic (exact) mass is 271 g/mol. The number of nitrogens with two attached hydrogens (primary N) is 1. The van der Waals surface area contributed by atoms with E-state index in [1.54, 1.807) is 12.3 Å². The van der Waals surface area contributed by atoms with Crippen LogP contribution in [-0.4, -0.2) is 17.5 Å². The number of amides is 1. The molecule has 3 N–H and O–H groups in total. The normalized spacial score (nSPS) is 10.1. The van der Waals surface area contributed by atoms with Gasteiger partial charge < -0.3 is 15.8 Å². The molecule has 2 rings (SSSR count). The van der Waals surface area contributed by atoms with Crippen molar-refractivity contribution in [2.24, 2.45) is 5.73 Å². The Bertz CT molecular complexity index is 565. The number of nitrogens with one attached hydrogen (secondary N) is 1. The molecule has 1 heterocycles. The summed E-state index contributed by atoms with van der Waals surface area (Å²) in [5.41, 5.74) is 7.54. The Kier molecular flexibility index (Phi) is 4.68. The molecule has 0 aliphatic carbocycles. The van der Waals surface area contributed by atoms with Crippen LogP contribution in [0.5, 0.6) is 5.75 Å². The summed E-state index contributed by atoms with van der Waals surface area (Å²) in [5.74, 6) is 0.899. The van der Waals surface area contributed by atoms with Crippen LogP contribution in [0.1, 0.15) is 11.1 Å². The maximum absolute atomic E-state index is 11.7. The van der Waals surface area contributed by atoms with Crippen LogP contribution >= 0.6 is 0 Å². The summed E-state index contributed by atoms with van der Waals surface area (Å²) in [6.07, 6.45) is 1.64. The van der Waals surface area contributed by atoms with Crippen LogP contribution in [0, 0.1) is 6.92 Å². The summed E-state index contributed by atoms with van der Waals surface area (Å²) in [5, 5.41) is 2.66. The molecule has 20 heavy (non-hydrogen) atoms. The lowest BCUT2D eigenvalue weighted by atomic mass is 10.2. The molecule has 2 aromatic rings. The number of aromatic nitrogens is 1. The van der Waals surface area contributed by atoms with Gasteiger partial charge in [-0.3, -0.25) is 4.79 Å². The Morgan fingerprint density at radius 3 is 2.60 bits per heavy atom. The number of carbonyl (C=O) groups is 1. The van der Waals surface area contributed by atoms with Gasteiger partial charge in [-0.2, -0.15) is 0 Å². The Morgan fingerprint density at radius 2 is 2.00 bits per heavy atom. The summed E-state index contributed by atoms with van der Waals surface area (Å²) >= 11 is 0. The first-order chi connectivity index (χ1) is 9.67. The van der Waals surface area contributed by atoms with Crippen molar-refractivity contribution in [2.75, 3.05) is 11.9 Å². The van der Waals surface area contributed by atoms with Gasteiger partial charge in [0.25, 0.3) is 5.91 Å². The minimum Gasteiger partial charge on any atom is -0.484 e. The van der Waals surface area contributed by atoms with Gasteiger partial charge >= 0.3 is 0 Å². The summed E-state index contributed by atoms with van der Waals surface area (Å²) in [6, 6.07) is 11.1. The molecule has 0 aliphatic heterocycles. The molecule has 1 amide bonds. The van der Waals surface area contributed by atoms with Crippen LogP contribution in [0.25, 0.3) is 0 Å². The molecule has 5 heteroatoms. The first kappa shape index (κ1) is 14.0. The molecule has 0 spiro atoms. The molecule has 0 atom stereocenters. The van der Waals surface area contributed by atoms with Gasteiger partial charge in [0, 0.05) is 12.7 Å². The summed E-state index contributed by atoms with van der Waals surface area (Å²) in [7, 11) is 0. The molecule has 0 bridgehead atoms. The lowest BCUT2D eigenvalue weighted by molar-refractivity contribution is -0.118. The molecule has 1 aromatic carbocycles. The van der Waals surface area contributed by atoms with Crippen LogP contribution in [-0.2, 0) is 11.3 Å². The fraction of sp³-hybridized carbons (Fsp3) is 0.200. The van der Waals surface area contributed by atoms with Crippen molar-refractivity contribution in [1.29, 1.82) is 0 Å². The van der Waals surface area contributed by atoms with Crippen LogP contribution in [0.15, 0.2) is 42.6 Å². The van der Waals surface area contributed by atoms with Gasteiger partial charge in [0.05, 0.1) is 0 Å². The van der Waals surface area contributed by atoms with Crippen molar-refractivity contribution in [2.45, 2.75) is 13.5 Å². The molecule has 5 nitrogen and oxygen atoms in total. The van der Waals surface area contributed by atoms with E-state index in [1.165, 1.54) is 0 Å². The molecule has 0 fully saturated rings. The van der Waals surface area contributed by atoms with E-state index in [0.29, 0.717) is 18.1 Å². The molecule has 0 saturated heterocycles. The molecule has 0 unspecified atom stereocenters. The Labute approximate surface area is 117 Å². The molecule has 0 radical (unpaired) electrons. The number of nitrogens with zero attached hydrogens (tertiary/aromatic N) is 1. The average molecular weight is 271 g/mol. The topological polar surface area (TPSA) is 77.2 Å². The lowest BCUT2D eigenvalue weighted by Crippen LogP contribution is -2.20. The fourth-order valence-corrected chi connectivity index (χ4v) is 1.58. The third-order valence-electron chi connectivity index (χ3n) is 2.72. The Balaban J connectivity index is 1.84. The van der Waals surface area contributed by atoms with Crippen LogP contribution in [0.4, 0.5) is 5.82 Å². The van der Waals surface area contributed by atoms with Gasteiger partial charge in [-0.25, -0.2) is 4.98 Å². The number of aryl methyl sites for hydroxylation is 1. The highest BCUT2D eigenvalue weighted by atomic mass is 16.5. The highest BCUT2D eigenvalue weighted by Crippen LogP contribution is 2.11.